The van der Waals surface area contributed by atoms with Gasteiger partial charge in [-0.25, -0.2) is 8.42 Å². The van der Waals surface area contributed by atoms with E-state index in [-0.39, 0.29) is 21.8 Å². The Labute approximate surface area is 202 Å². The molecule has 0 spiro atoms. The van der Waals surface area contributed by atoms with E-state index < -0.39 is 10.0 Å². The Morgan fingerprint density at radius 3 is 2.38 bits per heavy atom. The minimum absolute atomic E-state index is 0.108. The van der Waals surface area contributed by atoms with Gasteiger partial charge in [0.15, 0.2) is 0 Å². The summed E-state index contributed by atoms with van der Waals surface area (Å²) in [5.74, 6) is 0.359. The number of likely N-dealkylation sites (tertiary alicyclic amines) is 1. The van der Waals surface area contributed by atoms with Crippen LogP contribution < -0.4 is 10.5 Å². The molecule has 4 aliphatic rings. The molecule has 1 aliphatic heterocycles. The summed E-state index contributed by atoms with van der Waals surface area (Å²) in [5.41, 5.74) is 11.1. The van der Waals surface area contributed by atoms with Gasteiger partial charge in [-0.3, -0.25) is 9.62 Å². The molecular weight excluding hydrogens is 446 g/mol. The molecule has 2 aromatic carbocycles. The van der Waals surface area contributed by atoms with Crippen LogP contribution in [0.4, 0.5) is 5.69 Å². The van der Waals surface area contributed by atoms with Crippen molar-refractivity contribution in [2.24, 2.45) is 11.7 Å². The Morgan fingerprint density at radius 1 is 1.12 bits per heavy atom. The molecule has 7 heteroatoms. The van der Waals surface area contributed by atoms with Crippen molar-refractivity contribution in [1.82, 2.24) is 4.90 Å². The minimum Gasteiger partial charge on any atom is -0.376 e. The molecule has 6 nitrogen and oxygen atoms in total. The van der Waals surface area contributed by atoms with Gasteiger partial charge in [0.25, 0.3) is 0 Å². The number of hydrogen-bond donors (Lipinski definition) is 2. The van der Waals surface area contributed by atoms with E-state index in [0.717, 1.165) is 57.3 Å². The Bertz CT molecular complexity index is 1200. The highest BCUT2D eigenvalue weighted by Gasteiger charge is 2.77. The quantitative estimate of drug-likeness (QED) is 0.605. The maximum Gasteiger partial charge on any atom is 0.235 e. The average molecular weight is 482 g/mol. The summed E-state index contributed by atoms with van der Waals surface area (Å²) < 4.78 is 33.9. The van der Waals surface area contributed by atoms with Gasteiger partial charge in [0.2, 0.25) is 10.0 Å². The molecule has 0 unspecified atom stereocenters. The van der Waals surface area contributed by atoms with Crippen molar-refractivity contribution >= 4 is 15.7 Å². The van der Waals surface area contributed by atoms with Crippen LogP contribution in [0, 0.1) is 5.92 Å². The summed E-state index contributed by atoms with van der Waals surface area (Å²) in [7, 11) is -1.44. The molecule has 34 heavy (non-hydrogen) atoms. The second-order valence-electron chi connectivity index (χ2n) is 11.0. The zero-order valence-electron chi connectivity index (χ0n) is 20.1. The molecule has 1 heterocycles. The van der Waals surface area contributed by atoms with Crippen LogP contribution in [-0.4, -0.2) is 56.5 Å². The van der Waals surface area contributed by atoms with E-state index in [2.05, 4.69) is 46.9 Å². The van der Waals surface area contributed by atoms with Crippen molar-refractivity contribution in [3.05, 3.63) is 65.2 Å². The molecular formula is C27H35N3O3S. The molecule has 0 amide bonds. The Morgan fingerprint density at radius 2 is 1.82 bits per heavy atom. The number of sulfonamides is 1. The second kappa shape index (κ2) is 7.53. The van der Waals surface area contributed by atoms with E-state index in [1.54, 1.807) is 0 Å². The van der Waals surface area contributed by atoms with Gasteiger partial charge in [-0.1, -0.05) is 43.3 Å². The third kappa shape index (κ3) is 3.28. The van der Waals surface area contributed by atoms with Gasteiger partial charge < -0.3 is 10.5 Å². The monoisotopic (exact) mass is 481 g/mol. The number of ether oxygens (including phenoxy) is 1. The summed E-state index contributed by atoms with van der Waals surface area (Å²) in [6.45, 7) is 4.88. The summed E-state index contributed by atoms with van der Waals surface area (Å²) >= 11 is 0. The Kier molecular flexibility index (Phi) is 4.99. The third-order valence-corrected chi connectivity index (χ3v) is 11.0. The first-order valence-electron chi connectivity index (χ1n) is 12.5. The topological polar surface area (TPSA) is 84.7 Å². The molecule has 3 aliphatic carbocycles. The third-order valence-electron chi connectivity index (χ3n) is 9.14. The number of benzene rings is 2. The highest BCUT2D eigenvalue weighted by Crippen LogP contribution is 2.67. The number of nitrogens with zero attached hydrogens (tertiary/aromatic N) is 1. The molecule has 3 N–H and O–H groups in total. The van der Waals surface area contributed by atoms with Gasteiger partial charge in [-0.15, -0.1) is 0 Å². The molecule has 2 saturated carbocycles. The second-order valence-corrected chi connectivity index (χ2v) is 13.0. The van der Waals surface area contributed by atoms with Gasteiger partial charge in [0.05, 0.1) is 10.9 Å². The van der Waals surface area contributed by atoms with Crippen molar-refractivity contribution in [3.8, 4) is 0 Å². The number of nitrogens with one attached hydrogen (secondary N) is 1. The first-order chi connectivity index (χ1) is 16.3. The zero-order chi connectivity index (χ0) is 23.8. The van der Waals surface area contributed by atoms with Crippen LogP contribution in [0.1, 0.15) is 42.9 Å². The summed E-state index contributed by atoms with van der Waals surface area (Å²) in [6.07, 6.45) is 4.35. The summed E-state index contributed by atoms with van der Waals surface area (Å²) in [4.78, 5) is 2.49. The van der Waals surface area contributed by atoms with Gasteiger partial charge in [0.1, 0.15) is 0 Å². The van der Waals surface area contributed by atoms with E-state index in [4.69, 9.17) is 10.5 Å². The van der Waals surface area contributed by atoms with E-state index in [1.165, 1.54) is 11.1 Å². The van der Waals surface area contributed by atoms with Gasteiger partial charge in [-0.2, -0.15) is 0 Å². The van der Waals surface area contributed by atoms with Gasteiger partial charge in [0, 0.05) is 62.1 Å². The first kappa shape index (κ1) is 22.5. The van der Waals surface area contributed by atoms with Crippen LogP contribution >= 0.6 is 0 Å². The fourth-order valence-electron chi connectivity index (χ4n) is 7.22. The van der Waals surface area contributed by atoms with Crippen LogP contribution in [0.3, 0.4) is 0 Å². The molecule has 0 aromatic heterocycles. The van der Waals surface area contributed by atoms with Gasteiger partial charge >= 0.3 is 0 Å². The maximum atomic E-state index is 12.5. The van der Waals surface area contributed by atoms with E-state index in [0.29, 0.717) is 11.6 Å². The molecule has 3 atom stereocenters. The number of hydrogen-bond acceptors (Lipinski definition) is 5. The van der Waals surface area contributed by atoms with Crippen LogP contribution in [0.15, 0.2) is 48.5 Å². The van der Waals surface area contributed by atoms with Crippen molar-refractivity contribution in [2.75, 3.05) is 31.5 Å². The van der Waals surface area contributed by atoms with Crippen LogP contribution in [0.25, 0.3) is 0 Å². The minimum atomic E-state index is -3.28. The average Bonchev–Trinajstić information content (AvgIpc) is 3.67. The fraction of sp³-hybridized carbons (Fsp3) is 0.556. The molecule has 182 valence electrons. The fourth-order valence-corrected chi connectivity index (χ4v) is 8.60. The lowest BCUT2D eigenvalue weighted by atomic mass is 9.85. The highest BCUT2D eigenvalue weighted by atomic mass is 32.2. The van der Waals surface area contributed by atoms with Crippen molar-refractivity contribution in [2.45, 2.75) is 60.8 Å². The van der Waals surface area contributed by atoms with Crippen LogP contribution in [-0.2, 0) is 33.0 Å². The largest absolute Gasteiger partial charge is 0.376 e. The number of methoxy groups -OCH3 is 1. The lowest BCUT2D eigenvalue weighted by Crippen LogP contribution is -2.49. The summed E-state index contributed by atoms with van der Waals surface area (Å²) in [6, 6.07) is 16.6. The smallest absolute Gasteiger partial charge is 0.235 e. The molecule has 1 saturated heterocycles. The molecule has 2 aromatic rings. The number of rotatable bonds is 8. The summed E-state index contributed by atoms with van der Waals surface area (Å²) in [5, 5.41) is -0.235. The predicted octanol–water partition coefficient (Wildman–Crippen LogP) is 3.07. The lowest BCUT2D eigenvalue weighted by Gasteiger charge is -2.36. The van der Waals surface area contributed by atoms with Gasteiger partial charge in [-0.05, 0) is 48.1 Å². The molecule has 0 bridgehead atoms. The number of anilines is 1. The number of fused-ring (bicyclic) bond motifs is 2. The maximum absolute atomic E-state index is 12.5. The van der Waals surface area contributed by atoms with Crippen LogP contribution in [0.5, 0.6) is 0 Å². The van der Waals surface area contributed by atoms with Crippen molar-refractivity contribution in [3.63, 3.8) is 0 Å². The molecule has 6 rings (SSSR count). The lowest BCUT2D eigenvalue weighted by molar-refractivity contribution is -0.0280. The number of nitrogens with two attached hydrogens (primary N) is 1. The zero-order valence-corrected chi connectivity index (χ0v) is 20.9. The van der Waals surface area contributed by atoms with E-state index in [1.807, 2.05) is 25.3 Å². The van der Waals surface area contributed by atoms with Crippen molar-refractivity contribution in [1.29, 1.82) is 0 Å². The predicted molar refractivity (Wildman–Crippen MR) is 134 cm³/mol. The first-order valence-corrected chi connectivity index (χ1v) is 14.1. The normalized spacial score (nSPS) is 31.8. The van der Waals surface area contributed by atoms with Crippen LogP contribution in [0.2, 0.25) is 0 Å². The molecule has 0 radical (unpaired) electrons. The standard InChI is InChI=1S/C27H35N3O3S/c1-3-26(21-9-6-10-22(13-21)29-34(31,32)23-11-12-23)24-16-30(18-27(24,26)28)17-25(33-2)14-19-7-4-5-8-20(19)15-25/h4-10,13,23-24,29H,3,11-12,14-18,28H2,1-2H3/t24-,26-,27+/m0/s1. The van der Waals surface area contributed by atoms with E-state index >= 15 is 0 Å². The van der Waals surface area contributed by atoms with Crippen molar-refractivity contribution < 1.29 is 13.2 Å². The highest BCUT2D eigenvalue weighted by molar-refractivity contribution is 7.93. The Hall–Kier alpha value is -1.93. The number of piperidine rings is 1. The Balaban J connectivity index is 1.19. The molecule has 3 fully saturated rings. The van der Waals surface area contributed by atoms with E-state index in [9.17, 15) is 8.42 Å². The SMILES string of the molecule is CC[C@]1(c2cccc(NS(=O)(=O)C3CC3)c2)[C@@H]2CN(CC3(OC)Cc4ccccc4C3)C[C@@]21N.